The van der Waals surface area contributed by atoms with Gasteiger partial charge in [0.25, 0.3) is 0 Å². The quantitative estimate of drug-likeness (QED) is 0.638. The Kier molecular flexibility index (Phi) is 3.43. The second kappa shape index (κ2) is 5.23. The smallest absolute Gasteiger partial charge is 0.196 e. The summed E-state index contributed by atoms with van der Waals surface area (Å²) in [6, 6.07) is 14.2. The van der Waals surface area contributed by atoms with E-state index in [9.17, 15) is 4.79 Å². The first-order valence-electron chi connectivity index (χ1n) is 6.00. The second-order valence-corrected chi connectivity index (χ2v) is 5.15. The van der Waals surface area contributed by atoms with Gasteiger partial charge in [-0.15, -0.1) is 0 Å². The van der Waals surface area contributed by atoms with Crippen LogP contribution in [0.15, 0.2) is 54.7 Å². The highest BCUT2D eigenvalue weighted by atomic mass is 35.5. The van der Waals surface area contributed by atoms with E-state index in [1.807, 2.05) is 18.2 Å². The van der Waals surface area contributed by atoms with Crippen LogP contribution in [0.2, 0.25) is 10.0 Å². The van der Waals surface area contributed by atoms with Crippen molar-refractivity contribution in [3.63, 3.8) is 0 Å². The molecule has 0 amide bonds. The lowest BCUT2D eigenvalue weighted by atomic mass is 10.0. The zero-order valence-electron chi connectivity index (χ0n) is 10.3. The molecule has 0 aliphatic carbocycles. The number of benzene rings is 2. The largest absolute Gasteiger partial charge is 0.288 e. The predicted octanol–water partition coefficient (Wildman–Crippen LogP) is 4.77. The minimum atomic E-state index is -0.201. The van der Waals surface area contributed by atoms with Crippen molar-refractivity contribution in [2.45, 2.75) is 0 Å². The molecule has 0 saturated heterocycles. The van der Waals surface area contributed by atoms with Crippen LogP contribution in [-0.2, 0) is 0 Å². The van der Waals surface area contributed by atoms with Crippen molar-refractivity contribution >= 4 is 39.9 Å². The molecule has 0 atom stereocenters. The molecule has 4 heteroatoms. The first-order valence-corrected chi connectivity index (χ1v) is 6.76. The molecule has 3 aromatic rings. The highest BCUT2D eigenvalue weighted by Gasteiger charge is 2.16. The van der Waals surface area contributed by atoms with Gasteiger partial charge in [0.1, 0.15) is 0 Å². The first kappa shape index (κ1) is 13.1. The summed E-state index contributed by atoms with van der Waals surface area (Å²) in [5.74, 6) is -0.201. The Bertz CT molecular complexity index is 794. The van der Waals surface area contributed by atoms with Crippen molar-refractivity contribution in [2.75, 3.05) is 0 Å². The number of halogens is 2. The third kappa shape index (κ3) is 2.28. The number of pyridine rings is 1. The standard InChI is InChI=1S/C16H9Cl2NO/c17-12-4-1-5-13(18)15(12)16(20)11-7-6-10-3-2-8-19-14(10)9-11/h1-9H. The molecule has 2 nitrogen and oxygen atoms in total. The number of hydrogen-bond donors (Lipinski definition) is 0. The normalized spacial score (nSPS) is 10.7. The fourth-order valence-electron chi connectivity index (χ4n) is 2.07. The molecular formula is C16H9Cl2NO. The van der Waals surface area contributed by atoms with Crippen LogP contribution in [0.5, 0.6) is 0 Å². The molecule has 3 rings (SSSR count). The molecular weight excluding hydrogens is 293 g/mol. The van der Waals surface area contributed by atoms with Crippen molar-refractivity contribution in [3.05, 3.63) is 75.9 Å². The number of fused-ring (bicyclic) bond motifs is 1. The summed E-state index contributed by atoms with van der Waals surface area (Å²) in [4.78, 5) is 16.8. The average Bonchev–Trinajstić information content (AvgIpc) is 2.46. The monoisotopic (exact) mass is 301 g/mol. The van der Waals surface area contributed by atoms with Crippen molar-refractivity contribution in [1.82, 2.24) is 4.98 Å². The maximum absolute atomic E-state index is 12.5. The topological polar surface area (TPSA) is 30.0 Å². The number of ketones is 1. The SMILES string of the molecule is O=C(c1ccc2cccnc2c1)c1c(Cl)cccc1Cl. The number of nitrogens with zero attached hydrogens (tertiary/aromatic N) is 1. The lowest BCUT2D eigenvalue weighted by Gasteiger charge is -2.06. The highest BCUT2D eigenvalue weighted by molar-refractivity contribution is 6.41. The summed E-state index contributed by atoms with van der Waals surface area (Å²) in [7, 11) is 0. The molecule has 0 unspecified atom stereocenters. The number of carbonyl (C=O) groups excluding carboxylic acids is 1. The van der Waals surface area contributed by atoms with Gasteiger partial charge < -0.3 is 0 Å². The Morgan fingerprint density at radius 2 is 1.70 bits per heavy atom. The summed E-state index contributed by atoms with van der Waals surface area (Å²) in [6.45, 7) is 0. The van der Waals surface area contributed by atoms with Gasteiger partial charge in [-0.25, -0.2) is 0 Å². The molecule has 20 heavy (non-hydrogen) atoms. The van der Waals surface area contributed by atoms with Crippen LogP contribution >= 0.6 is 23.2 Å². The number of hydrogen-bond acceptors (Lipinski definition) is 2. The van der Waals surface area contributed by atoms with Gasteiger partial charge in [-0.2, -0.15) is 0 Å². The molecule has 0 aliphatic rings. The fourth-order valence-corrected chi connectivity index (χ4v) is 2.64. The van der Waals surface area contributed by atoms with E-state index in [1.165, 1.54) is 0 Å². The van der Waals surface area contributed by atoms with Gasteiger partial charge in [-0.3, -0.25) is 9.78 Å². The van der Waals surface area contributed by atoms with E-state index in [2.05, 4.69) is 4.98 Å². The molecule has 0 bridgehead atoms. The summed E-state index contributed by atoms with van der Waals surface area (Å²) in [5.41, 5.74) is 1.61. The highest BCUT2D eigenvalue weighted by Crippen LogP contribution is 2.27. The second-order valence-electron chi connectivity index (χ2n) is 4.34. The summed E-state index contributed by atoms with van der Waals surface area (Å²) >= 11 is 12.1. The van der Waals surface area contributed by atoms with Crippen LogP contribution in [0.25, 0.3) is 10.9 Å². The van der Waals surface area contributed by atoms with Gasteiger partial charge in [0.05, 0.1) is 21.1 Å². The van der Waals surface area contributed by atoms with E-state index < -0.39 is 0 Å². The maximum Gasteiger partial charge on any atom is 0.196 e. The van der Waals surface area contributed by atoms with Gasteiger partial charge in [0, 0.05) is 17.1 Å². The first-order chi connectivity index (χ1) is 9.66. The van der Waals surface area contributed by atoms with E-state index >= 15 is 0 Å². The van der Waals surface area contributed by atoms with Crippen LogP contribution < -0.4 is 0 Å². The lowest BCUT2D eigenvalue weighted by molar-refractivity contribution is 0.103. The van der Waals surface area contributed by atoms with Crippen LogP contribution in [0.3, 0.4) is 0 Å². The molecule has 1 aromatic heterocycles. The van der Waals surface area contributed by atoms with Crippen molar-refractivity contribution in [1.29, 1.82) is 0 Å². The molecule has 0 fully saturated rings. The van der Waals surface area contributed by atoms with Gasteiger partial charge in [0.2, 0.25) is 0 Å². The summed E-state index contributed by atoms with van der Waals surface area (Å²) in [6.07, 6.45) is 1.69. The van der Waals surface area contributed by atoms with Crippen LogP contribution in [0.1, 0.15) is 15.9 Å². The van der Waals surface area contributed by atoms with E-state index in [0.29, 0.717) is 21.2 Å². The fraction of sp³-hybridized carbons (Fsp3) is 0. The molecule has 1 heterocycles. The van der Waals surface area contributed by atoms with Crippen LogP contribution in [0.4, 0.5) is 0 Å². The third-order valence-corrected chi connectivity index (χ3v) is 3.69. The van der Waals surface area contributed by atoms with Gasteiger partial charge >= 0.3 is 0 Å². The zero-order chi connectivity index (χ0) is 14.1. The average molecular weight is 302 g/mol. The van der Waals surface area contributed by atoms with Crippen LogP contribution in [-0.4, -0.2) is 10.8 Å². The Balaban J connectivity index is 2.13. The maximum atomic E-state index is 12.5. The number of rotatable bonds is 2. The van der Waals surface area contributed by atoms with E-state index in [4.69, 9.17) is 23.2 Å². The molecule has 0 saturated carbocycles. The molecule has 0 N–H and O–H groups in total. The molecule has 98 valence electrons. The minimum Gasteiger partial charge on any atom is -0.288 e. The summed E-state index contributed by atoms with van der Waals surface area (Å²) in [5, 5.41) is 1.68. The third-order valence-electron chi connectivity index (χ3n) is 3.06. The van der Waals surface area contributed by atoms with Crippen molar-refractivity contribution in [3.8, 4) is 0 Å². The zero-order valence-corrected chi connectivity index (χ0v) is 11.8. The van der Waals surface area contributed by atoms with E-state index in [0.717, 1.165) is 10.9 Å². The Morgan fingerprint density at radius 3 is 2.45 bits per heavy atom. The van der Waals surface area contributed by atoms with E-state index in [1.54, 1.807) is 36.5 Å². The van der Waals surface area contributed by atoms with Gasteiger partial charge in [-0.05, 0) is 24.3 Å². The van der Waals surface area contributed by atoms with Gasteiger partial charge in [0.15, 0.2) is 5.78 Å². The molecule has 2 aromatic carbocycles. The Hall–Kier alpha value is -1.90. The molecule has 0 aliphatic heterocycles. The lowest BCUT2D eigenvalue weighted by Crippen LogP contribution is -2.03. The van der Waals surface area contributed by atoms with Crippen LogP contribution in [0, 0.1) is 0 Å². The Labute approximate surface area is 126 Å². The van der Waals surface area contributed by atoms with Gasteiger partial charge in [-0.1, -0.05) is 47.5 Å². The van der Waals surface area contributed by atoms with E-state index in [-0.39, 0.29) is 5.78 Å². The summed E-state index contributed by atoms with van der Waals surface area (Å²) < 4.78 is 0. The van der Waals surface area contributed by atoms with Crippen molar-refractivity contribution in [2.24, 2.45) is 0 Å². The minimum absolute atomic E-state index is 0.201. The Morgan fingerprint density at radius 1 is 0.950 bits per heavy atom. The number of aromatic nitrogens is 1. The number of carbonyl (C=O) groups is 1. The predicted molar refractivity (Wildman–Crippen MR) is 81.6 cm³/mol. The molecule has 0 radical (unpaired) electrons. The molecule has 0 spiro atoms. The van der Waals surface area contributed by atoms with Crippen molar-refractivity contribution < 1.29 is 4.79 Å².